The molecule has 0 spiro atoms. The summed E-state index contributed by atoms with van der Waals surface area (Å²) in [5, 5.41) is 10.1. The predicted octanol–water partition coefficient (Wildman–Crippen LogP) is 7.68. The van der Waals surface area contributed by atoms with Crippen LogP contribution < -0.4 is 0 Å². The minimum Gasteiger partial charge on any atom is -0.393 e. The van der Waals surface area contributed by atoms with E-state index in [0.29, 0.717) is 33.8 Å². The Morgan fingerprint density at radius 2 is 1.97 bits per heavy atom. The molecular formula is C30H43NO2S. The Balaban J connectivity index is 1.40. The van der Waals surface area contributed by atoms with Crippen LogP contribution in [0.5, 0.6) is 0 Å². The van der Waals surface area contributed by atoms with E-state index < -0.39 is 9.73 Å². The molecule has 0 aliphatic heterocycles. The van der Waals surface area contributed by atoms with Gasteiger partial charge in [0.25, 0.3) is 0 Å². The van der Waals surface area contributed by atoms with Crippen LogP contribution in [0, 0.1) is 27.9 Å². The van der Waals surface area contributed by atoms with E-state index in [-0.39, 0.29) is 6.10 Å². The standard InChI is InChI=1S/C30H43NO2S/c1-22-13-16-26(32)21-25(22)15-14-24-10-7-19-30(3)28(17-18-29(24)30)23(2)9-8-20-34(31,33)27-11-5-4-6-12-27/h4-6,11-12,14-15,23,26,28-29,31-32H,1,7-10,13,16-21H2,2-3H3/b24-14+,25-15-/t23-,26+,28?,29+,30-,34?/m1/s1. The fourth-order valence-corrected chi connectivity index (χ4v) is 8.58. The minimum absolute atomic E-state index is 0.219. The number of fused-ring (bicyclic) bond motifs is 1. The van der Waals surface area contributed by atoms with Crippen molar-refractivity contribution in [3.63, 3.8) is 0 Å². The number of benzene rings is 1. The van der Waals surface area contributed by atoms with Crippen LogP contribution in [-0.4, -0.2) is 21.2 Å². The van der Waals surface area contributed by atoms with E-state index in [2.05, 4.69) is 32.6 Å². The van der Waals surface area contributed by atoms with E-state index in [9.17, 15) is 9.32 Å². The summed E-state index contributed by atoms with van der Waals surface area (Å²) in [4.78, 5) is 0.667. The van der Waals surface area contributed by atoms with E-state index in [0.717, 1.165) is 32.1 Å². The third kappa shape index (κ3) is 5.44. The molecule has 3 aliphatic carbocycles. The van der Waals surface area contributed by atoms with Gasteiger partial charge in [-0.25, -0.2) is 8.99 Å². The lowest BCUT2D eigenvalue weighted by Crippen LogP contribution is -2.36. The van der Waals surface area contributed by atoms with Gasteiger partial charge in [-0.15, -0.1) is 0 Å². The molecule has 0 bridgehead atoms. The maximum absolute atomic E-state index is 12.9. The zero-order valence-electron chi connectivity index (χ0n) is 21.1. The Morgan fingerprint density at radius 1 is 1.21 bits per heavy atom. The van der Waals surface area contributed by atoms with E-state index in [4.69, 9.17) is 4.78 Å². The van der Waals surface area contributed by atoms with Gasteiger partial charge in [0.05, 0.1) is 15.8 Å². The van der Waals surface area contributed by atoms with Crippen molar-refractivity contribution in [2.75, 3.05) is 5.75 Å². The maximum atomic E-state index is 12.9. The van der Waals surface area contributed by atoms with Crippen LogP contribution in [0.3, 0.4) is 0 Å². The summed E-state index contributed by atoms with van der Waals surface area (Å²) >= 11 is 0. The summed E-state index contributed by atoms with van der Waals surface area (Å²) in [6.07, 6.45) is 15.1. The highest BCUT2D eigenvalue weighted by molar-refractivity contribution is 7.92. The SMILES string of the molecule is C=C1CC[C@H](O)C/C1=C/C=C1\CCC[C@]2(C)C([C@H](C)CCCS(=N)(=O)c3ccccc3)CC[C@@H]12. The summed E-state index contributed by atoms with van der Waals surface area (Å²) in [7, 11) is -2.69. The van der Waals surface area contributed by atoms with Crippen LogP contribution in [0.25, 0.3) is 0 Å². The predicted molar refractivity (Wildman–Crippen MR) is 142 cm³/mol. The van der Waals surface area contributed by atoms with Gasteiger partial charge in [-0.05, 0) is 105 Å². The number of aliphatic hydroxyl groups excluding tert-OH is 1. The van der Waals surface area contributed by atoms with E-state index >= 15 is 0 Å². The summed E-state index contributed by atoms with van der Waals surface area (Å²) in [5.41, 5.74) is 4.37. The monoisotopic (exact) mass is 481 g/mol. The zero-order chi connectivity index (χ0) is 24.3. The Kier molecular flexibility index (Phi) is 7.89. The molecule has 4 rings (SSSR count). The van der Waals surface area contributed by atoms with Gasteiger partial charge in [0.15, 0.2) is 0 Å². The Labute approximate surface area is 207 Å². The number of hydrogen-bond acceptors (Lipinski definition) is 3. The van der Waals surface area contributed by atoms with Gasteiger partial charge in [-0.3, -0.25) is 0 Å². The van der Waals surface area contributed by atoms with Crippen molar-refractivity contribution in [3.8, 4) is 0 Å². The topological polar surface area (TPSA) is 61.1 Å². The first-order valence-electron chi connectivity index (χ1n) is 13.3. The van der Waals surface area contributed by atoms with Gasteiger partial charge in [0.1, 0.15) is 0 Å². The zero-order valence-corrected chi connectivity index (χ0v) is 21.9. The number of hydrogen-bond donors (Lipinski definition) is 2. The highest BCUT2D eigenvalue weighted by Crippen LogP contribution is 2.59. The Morgan fingerprint density at radius 3 is 2.74 bits per heavy atom. The molecule has 3 fully saturated rings. The van der Waals surface area contributed by atoms with E-state index in [1.165, 1.54) is 43.3 Å². The van der Waals surface area contributed by atoms with Crippen LogP contribution in [0.2, 0.25) is 0 Å². The molecule has 3 nitrogen and oxygen atoms in total. The summed E-state index contributed by atoms with van der Waals surface area (Å²) in [5.74, 6) is 2.39. The lowest BCUT2D eigenvalue weighted by molar-refractivity contribution is 0.0941. The lowest BCUT2D eigenvalue weighted by atomic mass is 9.61. The fourth-order valence-electron chi connectivity index (χ4n) is 7.18. The molecule has 0 heterocycles. The maximum Gasteiger partial charge on any atom is 0.0726 e. The molecule has 34 heavy (non-hydrogen) atoms. The molecule has 3 aliphatic rings. The third-order valence-electron chi connectivity index (χ3n) is 9.13. The highest BCUT2D eigenvalue weighted by Gasteiger charge is 2.50. The van der Waals surface area contributed by atoms with Crippen molar-refractivity contribution in [1.82, 2.24) is 0 Å². The highest BCUT2D eigenvalue weighted by atomic mass is 32.2. The Hall–Kier alpha value is -1.65. The number of rotatable bonds is 7. The van der Waals surface area contributed by atoms with E-state index in [1.807, 2.05) is 30.3 Å². The van der Waals surface area contributed by atoms with Crippen molar-refractivity contribution < 1.29 is 9.32 Å². The molecule has 0 radical (unpaired) electrons. The fraction of sp³-hybridized carbons (Fsp3) is 0.600. The molecule has 2 unspecified atom stereocenters. The van der Waals surface area contributed by atoms with Gasteiger partial charge in [-0.1, -0.05) is 61.9 Å². The minimum atomic E-state index is -2.69. The van der Waals surface area contributed by atoms with Crippen LogP contribution in [0.1, 0.15) is 78.1 Å². The molecule has 3 saturated carbocycles. The van der Waals surface area contributed by atoms with Crippen molar-refractivity contribution in [2.24, 2.45) is 23.2 Å². The first-order chi connectivity index (χ1) is 16.2. The summed E-state index contributed by atoms with van der Waals surface area (Å²) < 4.78 is 21.3. The molecule has 1 aromatic rings. The van der Waals surface area contributed by atoms with Crippen molar-refractivity contribution in [1.29, 1.82) is 4.78 Å². The quantitative estimate of drug-likeness (QED) is 0.419. The molecule has 0 aromatic heterocycles. The number of nitrogens with one attached hydrogen (secondary N) is 1. The van der Waals surface area contributed by atoms with Crippen LogP contribution in [0.15, 0.2) is 70.7 Å². The molecule has 4 heteroatoms. The van der Waals surface area contributed by atoms with Gasteiger partial charge < -0.3 is 5.11 Å². The molecular weight excluding hydrogens is 438 g/mol. The smallest absolute Gasteiger partial charge is 0.0726 e. The van der Waals surface area contributed by atoms with Gasteiger partial charge >= 0.3 is 0 Å². The number of allylic oxidation sites excluding steroid dienone is 4. The first kappa shape index (κ1) is 25.4. The number of aliphatic hydroxyl groups is 1. The van der Waals surface area contributed by atoms with Gasteiger partial charge in [0, 0.05) is 10.6 Å². The molecule has 6 atom stereocenters. The molecule has 2 N–H and O–H groups in total. The third-order valence-corrected chi connectivity index (χ3v) is 11.0. The molecule has 1 aromatic carbocycles. The van der Waals surface area contributed by atoms with Crippen molar-refractivity contribution >= 4 is 9.73 Å². The van der Waals surface area contributed by atoms with Gasteiger partial charge in [0.2, 0.25) is 0 Å². The Bertz CT molecular complexity index is 1040. The lowest BCUT2D eigenvalue weighted by Gasteiger charge is -2.44. The normalized spacial score (nSPS) is 34.7. The van der Waals surface area contributed by atoms with Crippen molar-refractivity contribution in [2.45, 2.75) is 89.1 Å². The second-order valence-corrected chi connectivity index (χ2v) is 13.6. The summed E-state index contributed by atoms with van der Waals surface area (Å²) in [6, 6.07) is 9.33. The molecule has 0 saturated heterocycles. The molecule has 0 amide bonds. The largest absolute Gasteiger partial charge is 0.393 e. The van der Waals surface area contributed by atoms with E-state index in [1.54, 1.807) is 5.57 Å². The second kappa shape index (κ2) is 10.5. The van der Waals surface area contributed by atoms with Crippen LogP contribution in [0.4, 0.5) is 0 Å². The van der Waals surface area contributed by atoms with Crippen LogP contribution in [-0.2, 0) is 9.73 Å². The summed E-state index contributed by atoms with van der Waals surface area (Å²) in [6.45, 7) is 9.14. The molecule has 186 valence electrons. The first-order valence-corrected chi connectivity index (χ1v) is 15.0. The average molecular weight is 482 g/mol. The second-order valence-electron chi connectivity index (χ2n) is 11.3. The average Bonchev–Trinajstić information content (AvgIpc) is 3.17. The van der Waals surface area contributed by atoms with Crippen molar-refractivity contribution in [3.05, 3.63) is 65.8 Å². The van der Waals surface area contributed by atoms with Gasteiger partial charge in [-0.2, -0.15) is 0 Å². The van der Waals surface area contributed by atoms with Crippen LogP contribution >= 0.6 is 0 Å².